The van der Waals surface area contributed by atoms with Gasteiger partial charge in [0.1, 0.15) is 6.07 Å². The van der Waals surface area contributed by atoms with E-state index in [4.69, 9.17) is 5.26 Å². The zero-order valence-electron chi connectivity index (χ0n) is 11.5. The third kappa shape index (κ3) is 2.71. The molecule has 0 fully saturated rings. The average Bonchev–Trinajstić information content (AvgIpc) is 2.80. The van der Waals surface area contributed by atoms with Crippen LogP contribution >= 0.6 is 11.8 Å². The van der Waals surface area contributed by atoms with E-state index >= 15 is 0 Å². The predicted octanol–water partition coefficient (Wildman–Crippen LogP) is 3.64. The van der Waals surface area contributed by atoms with Crippen molar-refractivity contribution in [2.75, 3.05) is 12.0 Å². The minimum atomic E-state index is 0.628. The van der Waals surface area contributed by atoms with Gasteiger partial charge in [-0.1, -0.05) is 12.1 Å². The predicted molar refractivity (Wildman–Crippen MR) is 82.5 cm³/mol. The van der Waals surface area contributed by atoms with Crippen LogP contribution in [0.4, 0.5) is 0 Å². The molecule has 0 radical (unpaired) electrons. The summed E-state index contributed by atoms with van der Waals surface area (Å²) >= 11 is 1.77. The number of aromatic amines is 1. The number of rotatable bonds is 4. The van der Waals surface area contributed by atoms with Crippen LogP contribution in [0, 0.1) is 29.6 Å². The van der Waals surface area contributed by atoms with Crippen LogP contribution in [0.1, 0.15) is 22.5 Å². The molecule has 0 aliphatic carbocycles. The van der Waals surface area contributed by atoms with Crippen molar-refractivity contribution in [1.82, 2.24) is 4.98 Å². The summed E-state index contributed by atoms with van der Waals surface area (Å²) in [5, 5.41) is 18.3. The van der Waals surface area contributed by atoms with E-state index in [2.05, 4.69) is 23.4 Å². The van der Waals surface area contributed by atoms with Gasteiger partial charge in [-0.2, -0.15) is 22.3 Å². The number of H-pyrrole nitrogens is 1. The second-order valence-corrected chi connectivity index (χ2v) is 5.51. The first kappa shape index (κ1) is 14.2. The van der Waals surface area contributed by atoms with E-state index in [9.17, 15) is 5.26 Å². The lowest BCUT2D eigenvalue weighted by molar-refractivity contribution is 1.05. The Bertz CT molecular complexity index is 684. The van der Waals surface area contributed by atoms with Gasteiger partial charge in [-0.3, -0.25) is 0 Å². The van der Waals surface area contributed by atoms with Gasteiger partial charge in [0, 0.05) is 17.0 Å². The first-order chi connectivity index (χ1) is 9.71. The summed E-state index contributed by atoms with van der Waals surface area (Å²) in [6.07, 6.45) is 2.92. The molecule has 2 rings (SSSR count). The molecule has 0 saturated heterocycles. The summed E-state index contributed by atoms with van der Waals surface area (Å²) in [6, 6.07) is 11.8. The van der Waals surface area contributed by atoms with E-state index in [0.717, 1.165) is 40.3 Å². The maximum atomic E-state index is 9.44. The average molecular weight is 281 g/mol. The number of aromatic nitrogens is 1. The quantitative estimate of drug-likeness (QED) is 0.930. The van der Waals surface area contributed by atoms with Gasteiger partial charge in [-0.15, -0.1) is 0 Å². The maximum absolute atomic E-state index is 9.44. The smallest absolute Gasteiger partial charge is 0.102 e. The highest BCUT2D eigenvalue weighted by molar-refractivity contribution is 7.98. The molecule has 100 valence electrons. The van der Waals surface area contributed by atoms with Gasteiger partial charge in [-0.05, 0) is 43.0 Å². The molecule has 0 saturated carbocycles. The number of hydrogen-bond acceptors (Lipinski definition) is 3. The molecule has 0 spiro atoms. The van der Waals surface area contributed by atoms with E-state index in [-0.39, 0.29) is 0 Å². The standard InChI is InChI=1S/C16H15N3S/c1-11-16(13-5-3-12(9-17)4-6-13)14(10-18)15(19-11)7-8-20-2/h3-6,19H,7-8H2,1-2H3. The van der Waals surface area contributed by atoms with Gasteiger partial charge in [0.15, 0.2) is 0 Å². The van der Waals surface area contributed by atoms with Gasteiger partial charge in [0.25, 0.3) is 0 Å². The Labute approximate surface area is 123 Å². The molecule has 0 aliphatic rings. The minimum Gasteiger partial charge on any atom is -0.361 e. The first-order valence-corrected chi connectivity index (χ1v) is 7.71. The molecule has 0 unspecified atom stereocenters. The molecule has 2 aromatic rings. The van der Waals surface area contributed by atoms with E-state index in [1.165, 1.54) is 0 Å². The van der Waals surface area contributed by atoms with Gasteiger partial charge in [-0.25, -0.2) is 0 Å². The van der Waals surface area contributed by atoms with Crippen LogP contribution in [0.3, 0.4) is 0 Å². The van der Waals surface area contributed by atoms with Crippen molar-refractivity contribution in [2.45, 2.75) is 13.3 Å². The molecular formula is C16H15N3S. The first-order valence-electron chi connectivity index (χ1n) is 6.32. The highest BCUT2D eigenvalue weighted by Crippen LogP contribution is 2.30. The maximum Gasteiger partial charge on any atom is 0.102 e. The molecule has 20 heavy (non-hydrogen) atoms. The second kappa shape index (κ2) is 6.32. The lowest BCUT2D eigenvalue weighted by atomic mass is 9.99. The fourth-order valence-corrected chi connectivity index (χ4v) is 2.69. The van der Waals surface area contributed by atoms with Crippen LogP contribution in [0.15, 0.2) is 24.3 Å². The van der Waals surface area contributed by atoms with Crippen LogP contribution in [0.5, 0.6) is 0 Å². The van der Waals surface area contributed by atoms with Crippen molar-refractivity contribution in [1.29, 1.82) is 10.5 Å². The number of nitriles is 2. The molecule has 1 heterocycles. The minimum absolute atomic E-state index is 0.628. The molecule has 0 amide bonds. The van der Waals surface area contributed by atoms with Crippen LogP contribution in [-0.4, -0.2) is 17.0 Å². The fourth-order valence-electron chi connectivity index (χ4n) is 2.28. The van der Waals surface area contributed by atoms with E-state index < -0.39 is 0 Å². The van der Waals surface area contributed by atoms with Crippen molar-refractivity contribution in [2.24, 2.45) is 0 Å². The van der Waals surface area contributed by atoms with Gasteiger partial charge >= 0.3 is 0 Å². The van der Waals surface area contributed by atoms with Gasteiger partial charge in [0.05, 0.1) is 17.2 Å². The number of aryl methyl sites for hydroxylation is 2. The zero-order valence-corrected chi connectivity index (χ0v) is 12.3. The third-order valence-electron chi connectivity index (χ3n) is 3.24. The normalized spacial score (nSPS) is 10.0. The van der Waals surface area contributed by atoms with Crippen molar-refractivity contribution < 1.29 is 0 Å². The Morgan fingerprint density at radius 2 is 1.85 bits per heavy atom. The molecule has 3 nitrogen and oxygen atoms in total. The SMILES string of the molecule is CSCCc1[nH]c(C)c(-c2ccc(C#N)cc2)c1C#N. The molecule has 4 heteroatoms. The van der Waals surface area contributed by atoms with E-state index in [1.54, 1.807) is 23.9 Å². The Balaban J connectivity index is 2.47. The lowest BCUT2D eigenvalue weighted by Gasteiger charge is -2.02. The van der Waals surface area contributed by atoms with Crippen LogP contribution in [0.2, 0.25) is 0 Å². The number of benzene rings is 1. The van der Waals surface area contributed by atoms with Crippen LogP contribution in [-0.2, 0) is 6.42 Å². The zero-order chi connectivity index (χ0) is 14.5. The van der Waals surface area contributed by atoms with Crippen molar-refractivity contribution in [3.63, 3.8) is 0 Å². The summed E-state index contributed by atoms with van der Waals surface area (Å²) in [5.41, 5.74) is 5.28. The molecule has 0 atom stereocenters. The number of hydrogen-bond donors (Lipinski definition) is 1. The molecule has 0 bridgehead atoms. The molecule has 0 aliphatic heterocycles. The van der Waals surface area contributed by atoms with Crippen molar-refractivity contribution in [3.8, 4) is 23.3 Å². The van der Waals surface area contributed by atoms with Crippen LogP contribution in [0.25, 0.3) is 11.1 Å². The molecule has 1 aromatic carbocycles. The molecule has 1 aromatic heterocycles. The second-order valence-electron chi connectivity index (χ2n) is 4.52. The monoisotopic (exact) mass is 281 g/mol. The Morgan fingerprint density at radius 3 is 2.40 bits per heavy atom. The number of nitrogens with zero attached hydrogens (tertiary/aromatic N) is 2. The Hall–Kier alpha value is -2.17. The van der Waals surface area contributed by atoms with Gasteiger partial charge in [0.2, 0.25) is 0 Å². The molecule has 1 N–H and O–H groups in total. The summed E-state index contributed by atoms with van der Waals surface area (Å²) in [4.78, 5) is 3.33. The topological polar surface area (TPSA) is 63.4 Å². The van der Waals surface area contributed by atoms with E-state index in [1.807, 2.05) is 19.1 Å². The Kier molecular flexibility index (Phi) is 4.50. The Morgan fingerprint density at radius 1 is 1.15 bits per heavy atom. The summed E-state index contributed by atoms with van der Waals surface area (Å²) in [7, 11) is 0. The summed E-state index contributed by atoms with van der Waals surface area (Å²) < 4.78 is 0. The number of nitrogens with one attached hydrogen (secondary N) is 1. The van der Waals surface area contributed by atoms with E-state index in [0.29, 0.717) is 5.56 Å². The fraction of sp³-hybridized carbons (Fsp3) is 0.250. The van der Waals surface area contributed by atoms with Crippen LogP contribution < -0.4 is 0 Å². The summed E-state index contributed by atoms with van der Waals surface area (Å²) in [6.45, 7) is 1.98. The highest BCUT2D eigenvalue weighted by Gasteiger charge is 2.16. The highest BCUT2D eigenvalue weighted by atomic mass is 32.2. The lowest BCUT2D eigenvalue weighted by Crippen LogP contribution is -1.91. The largest absolute Gasteiger partial charge is 0.361 e. The summed E-state index contributed by atoms with van der Waals surface area (Å²) in [5.74, 6) is 0.988. The van der Waals surface area contributed by atoms with Crippen molar-refractivity contribution >= 4 is 11.8 Å². The molecular weight excluding hydrogens is 266 g/mol. The number of thioether (sulfide) groups is 1. The third-order valence-corrected chi connectivity index (χ3v) is 3.85. The van der Waals surface area contributed by atoms with Gasteiger partial charge < -0.3 is 4.98 Å². The van der Waals surface area contributed by atoms with Crippen molar-refractivity contribution in [3.05, 3.63) is 46.8 Å².